The van der Waals surface area contributed by atoms with Gasteiger partial charge in [-0.25, -0.2) is 13.6 Å². The van der Waals surface area contributed by atoms with Crippen LogP contribution in [-0.4, -0.2) is 76.5 Å². The van der Waals surface area contributed by atoms with Crippen molar-refractivity contribution in [1.29, 1.82) is 0 Å². The quantitative estimate of drug-likeness (QED) is 0.0858. The minimum absolute atomic E-state index is 0.0539. The van der Waals surface area contributed by atoms with Crippen molar-refractivity contribution < 1.29 is 66.9 Å². The summed E-state index contributed by atoms with van der Waals surface area (Å²) in [7, 11) is -10.4. The van der Waals surface area contributed by atoms with Crippen LogP contribution in [0.25, 0.3) is 0 Å². The number of halogens is 8. The molecule has 0 aromatic carbocycles. The Morgan fingerprint density at radius 3 is 1.52 bits per heavy atom. The molecule has 0 saturated heterocycles. The Hall–Kier alpha value is -1.13. The fraction of sp³-hybridized carbons (Fsp3) is 0.810. The highest BCUT2D eigenvalue weighted by molar-refractivity contribution is 6.90. The molecular weight excluding hydrogens is 629 g/mol. The Bertz CT molecular complexity index is 873. The number of aliphatic carboxylic acids is 1. The molecule has 0 aliphatic heterocycles. The molecule has 0 amide bonds. The second-order valence-electron chi connectivity index (χ2n) is 11.9. The summed E-state index contributed by atoms with van der Waals surface area (Å²) in [6, 6.07) is 0.0539. The first-order valence-corrected chi connectivity index (χ1v) is 24.2. The summed E-state index contributed by atoms with van der Waals surface area (Å²) in [6.45, 7) is 14.3. The molecule has 7 nitrogen and oxygen atoms in total. The molecule has 0 N–H and O–H groups in total. The number of carboxylic acid groups (broad SMARTS) is 1. The number of ether oxygens (including phenoxy) is 1. The van der Waals surface area contributed by atoms with Crippen LogP contribution < -0.4 is 5.11 Å². The fourth-order valence-corrected chi connectivity index (χ4v) is 17.9. The molecule has 0 unspecified atom stereocenters. The van der Waals surface area contributed by atoms with Gasteiger partial charge in [-0.15, -0.1) is 0 Å². The van der Waals surface area contributed by atoms with Gasteiger partial charge in [0.2, 0.25) is 0 Å². The molecular formula is C21H37F8O7Si4-. The highest BCUT2D eigenvalue weighted by atomic mass is 28.5. The maximum atomic E-state index is 13.8. The van der Waals surface area contributed by atoms with Crippen molar-refractivity contribution in [3.05, 3.63) is 11.6 Å². The number of carbonyl (C=O) groups excluding carboxylic acids is 2. The van der Waals surface area contributed by atoms with Crippen LogP contribution in [0.2, 0.25) is 65.0 Å². The van der Waals surface area contributed by atoms with E-state index in [-0.39, 0.29) is 18.5 Å². The second-order valence-corrected chi connectivity index (χ2v) is 28.9. The SMILES string of the molecule is C[Si](C)(C)O[Si](CCC/C(=C\C(=O)[O-])C(=O)OCC(F)(F)C(F)(F)C(F)(F)C(F)F)(O[Si](C)(C)C)O[Si](C)(C)C. The third-order valence-corrected chi connectivity index (χ3v) is 16.5. The van der Waals surface area contributed by atoms with Gasteiger partial charge in [0.15, 0.2) is 31.6 Å². The van der Waals surface area contributed by atoms with Crippen LogP contribution in [0.1, 0.15) is 12.8 Å². The zero-order valence-corrected chi connectivity index (χ0v) is 27.9. The van der Waals surface area contributed by atoms with Gasteiger partial charge < -0.3 is 27.0 Å². The number of carbonyl (C=O) groups is 2. The van der Waals surface area contributed by atoms with E-state index in [0.717, 1.165) is 0 Å². The molecule has 0 rings (SSSR count). The van der Waals surface area contributed by atoms with Gasteiger partial charge >= 0.3 is 39.0 Å². The summed E-state index contributed by atoms with van der Waals surface area (Å²) in [5.41, 5.74) is -0.823. The molecule has 0 aliphatic carbocycles. The van der Waals surface area contributed by atoms with Crippen molar-refractivity contribution in [2.45, 2.75) is 102 Å². The van der Waals surface area contributed by atoms with Crippen LogP contribution in [0, 0.1) is 0 Å². The lowest BCUT2D eigenvalue weighted by Crippen LogP contribution is -2.60. The Kier molecular flexibility index (Phi) is 13.1. The summed E-state index contributed by atoms with van der Waals surface area (Å²) in [5.74, 6) is -22.8. The first-order chi connectivity index (χ1) is 17.5. The average Bonchev–Trinajstić information content (AvgIpc) is 2.66. The maximum absolute atomic E-state index is 13.8. The third-order valence-electron chi connectivity index (χ3n) is 4.41. The van der Waals surface area contributed by atoms with Gasteiger partial charge in [0.05, 0.1) is 5.97 Å². The van der Waals surface area contributed by atoms with Crippen molar-refractivity contribution in [2.75, 3.05) is 6.61 Å². The molecule has 236 valence electrons. The molecule has 0 fully saturated rings. The number of hydrogen-bond acceptors (Lipinski definition) is 7. The van der Waals surface area contributed by atoms with Crippen LogP contribution in [0.3, 0.4) is 0 Å². The van der Waals surface area contributed by atoms with Crippen molar-refractivity contribution in [3.8, 4) is 0 Å². The normalized spacial score (nSPS) is 15.0. The molecule has 0 atom stereocenters. The first-order valence-electron chi connectivity index (χ1n) is 12.1. The summed E-state index contributed by atoms with van der Waals surface area (Å²) < 4.78 is 129. The minimum atomic E-state index is -6.59. The van der Waals surface area contributed by atoms with Gasteiger partial charge in [-0.2, -0.15) is 26.3 Å². The summed E-state index contributed by atoms with van der Waals surface area (Å²) in [4.78, 5) is 23.4. The fourth-order valence-electron chi connectivity index (χ4n) is 3.21. The predicted octanol–water partition coefficient (Wildman–Crippen LogP) is 5.65. The Morgan fingerprint density at radius 2 is 1.20 bits per heavy atom. The smallest absolute Gasteiger partial charge is 0.469 e. The predicted molar refractivity (Wildman–Crippen MR) is 138 cm³/mol. The van der Waals surface area contributed by atoms with Gasteiger partial charge in [-0.05, 0) is 77.8 Å². The van der Waals surface area contributed by atoms with Crippen molar-refractivity contribution in [3.63, 3.8) is 0 Å². The van der Waals surface area contributed by atoms with E-state index < -0.39 is 88.5 Å². The highest BCUT2D eigenvalue weighted by Crippen LogP contribution is 2.48. The van der Waals surface area contributed by atoms with E-state index in [4.69, 9.17) is 12.3 Å². The van der Waals surface area contributed by atoms with E-state index in [1.165, 1.54) is 0 Å². The number of esters is 1. The topological polar surface area (TPSA) is 94.1 Å². The molecule has 0 spiro atoms. The monoisotopic (exact) mass is 665 g/mol. The van der Waals surface area contributed by atoms with Gasteiger partial charge in [0, 0.05) is 11.6 Å². The molecule has 0 aromatic rings. The third kappa shape index (κ3) is 12.4. The van der Waals surface area contributed by atoms with E-state index in [1.807, 2.05) is 58.9 Å². The largest absolute Gasteiger partial charge is 0.545 e. The summed E-state index contributed by atoms with van der Waals surface area (Å²) in [6.07, 6.45) is -5.53. The lowest BCUT2D eigenvalue weighted by atomic mass is 10.1. The lowest BCUT2D eigenvalue weighted by molar-refractivity contribution is -0.344. The van der Waals surface area contributed by atoms with Crippen LogP contribution in [0.5, 0.6) is 0 Å². The molecule has 0 radical (unpaired) electrons. The molecule has 0 bridgehead atoms. The Balaban J connectivity index is 5.97. The standard InChI is InChI=1S/C21H38F8O7Si4/c1-37(2,3)34-40(35-38(4,5)6,36-39(7,8)9)12-10-11-15(13-16(30)31)17(32)33-14-19(24,25)21(28,29)20(26,27)18(22)23/h13,18H,10-12,14H2,1-9H3,(H,30,31)/p-1/b15-13+. The number of rotatable bonds is 17. The number of carboxylic acids is 1. The molecule has 19 heteroatoms. The van der Waals surface area contributed by atoms with E-state index in [0.29, 0.717) is 0 Å². The molecule has 0 saturated carbocycles. The highest BCUT2D eigenvalue weighted by Gasteiger charge is 2.75. The van der Waals surface area contributed by atoms with Crippen molar-refractivity contribution in [1.82, 2.24) is 0 Å². The minimum Gasteiger partial charge on any atom is -0.545 e. The van der Waals surface area contributed by atoms with E-state index in [2.05, 4.69) is 4.74 Å². The van der Waals surface area contributed by atoms with Gasteiger partial charge in [-0.1, -0.05) is 0 Å². The molecule has 0 heterocycles. The molecule has 0 aromatic heterocycles. The lowest BCUT2D eigenvalue weighted by Gasteiger charge is -2.43. The van der Waals surface area contributed by atoms with E-state index >= 15 is 0 Å². The molecule has 40 heavy (non-hydrogen) atoms. The number of alkyl halides is 8. The van der Waals surface area contributed by atoms with E-state index in [1.54, 1.807) is 0 Å². The summed E-state index contributed by atoms with van der Waals surface area (Å²) >= 11 is 0. The van der Waals surface area contributed by atoms with Crippen LogP contribution in [0.15, 0.2) is 11.6 Å². The molecule has 0 aliphatic rings. The van der Waals surface area contributed by atoms with Crippen LogP contribution in [0.4, 0.5) is 35.1 Å². The van der Waals surface area contributed by atoms with Gasteiger partial charge in [0.25, 0.3) is 0 Å². The average molecular weight is 666 g/mol. The Labute approximate surface area is 233 Å². The maximum Gasteiger partial charge on any atom is 0.469 e. The first kappa shape index (κ1) is 38.9. The van der Waals surface area contributed by atoms with E-state index in [9.17, 15) is 49.8 Å². The second kappa shape index (κ2) is 13.4. The Morgan fingerprint density at radius 1 is 0.800 bits per heavy atom. The van der Waals surface area contributed by atoms with Crippen LogP contribution >= 0.6 is 0 Å². The van der Waals surface area contributed by atoms with Crippen LogP contribution in [-0.2, 0) is 26.7 Å². The zero-order chi connectivity index (χ0) is 32.2. The number of hydrogen-bond donors (Lipinski definition) is 0. The van der Waals surface area contributed by atoms with Gasteiger partial charge in [-0.3, -0.25) is 0 Å². The van der Waals surface area contributed by atoms with Crippen molar-refractivity contribution in [2.24, 2.45) is 0 Å². The van der Waals surface area contributed by atoms with Crippen molar-refractivity contribution >= 4 is 45.7 Å². The van der Waals surface area contributed by atoms with Gasteiger partial charge in [0.1, 0.15) is 0 Å². The zero-order valence-electron chi connectivity index (χ0n) is 23.9. The summed E-state index contributed by atoms with van der Waals surface area (Å²) in [5, 5.41) is 11.1.